The second kappa shape index (κ2) is 10.9. The smallest absolute Gasteiger partial charge is 0.408 e. The number of nitrogens with one attached hydrogen (secondary N) is 1. The first-order chi connectivity index (χ1) is 14.1. The molecule has 1 aliphatic carbocycles. The second-order valence-corrected chi connectivity index (χ2v) is 8.39. The third kappa shape index (κ3) is 8.80. The average Bonchev–Trinajstić information content (AvgIpc) is 2.66. The molecule has 0 bridgehead atoms. The Morgan fingerprint density at radius 3 is 2.33 bits per heavy atom. The first kappa shape index (κ1) is 23.6. The number of rotatable bonds is 7. The lowest BCUT2D eigenvalue weighted by Crippen LogP contribution is -2.45. The molecule has 0 radical (unpaired) electrons. The number of benzene rings is 1. The van der Waals surface area contributed by atoms with Crippen molar-refractivity contribution in [3.63, 3.8) is 0 Å². The molecule has 166 valence electrons. The molecule has 2 rings (SSSR count). The lowest BCUT2D eigenvalue weighted by atomic mass is 9.98. The van der Waals surface area contributed by atoms with E-state index < -0.39 is 35.5 Å². The largest absolute Gasteiger partial charge is 0.462 e. The fourth-order valence-corrected chi connectivity index (χ4v) is 3.06. The Morgan fingerprint density at radius 1 is 1.10 bits per heavy atom. The van der Waals surface area contributed by atoms with Gasteiger partial charge in [0.1, 0.15) is 30.2 Å². The maximum Gasteiger partial charge on any atom is 0.408 e. The van der Waals surface area contributed by atoms with Gasteiger partial charge in [0.25, 0.3) is 0 Å². The summed E-state index contributed by atoms with van der Waals surface area (Å²) in [7, 11) is 0. The molecule has 1 aliphatic rings. The van der Waals surface area contributed by atoms with E-state index in [1.165, 1.54) is 24.3 Å². The van der Waals surface area contributed by atoms with E-state index in [-0.39, 0.29) is 19.1 Å². The molecule has 0 saturated heterocycles. The zero-order chi connectivity index (χ0) is 22.1. The molecule has 0 heterocycles. The van der Waals surface area contributed by atoms with Gasteiger partial charge in [-0.25, -0.2) is 14.0 Å². The molecule has 30 heavy (non-hydrogen) atoms. The van der Waals surface area contributed by atoms with Gasteiger partial charge in [0.05, 0.1) is 6.42 Å². The number of ether oxygens (including phenoxy) is 3. The van der Waals surface area contributed by atoms with Gasteiger partial charge in [-0.1, -0.05) is 18.6 Å². The highest BCUT2D eigenvalue weighted by molar-refractivity contribution is 5.86. The van der Waals surface area contributed by atoms with E-state index in [0.717, 1.165) is 32.1 Å². The molecule has 1 saturated carbocycles. The minimum Gasteiger partial charge on any atom is -0.462 e. The SMILES string of the molecule is CC(C)(C)OC(=O)N[C@@H](CC(=O)OC1CCCCC1)C(=O)OCc1ccc(F)cc1. The molecule has 7 nitrogen and oxygen atoms in total. The van der Waals surface area contributed by atoms with Crippen molar-refractivity contribution in [2.24, 2.45) is 0 Å². The third-order valence-corrected chi connectivity index (χ3v) is 4.49. The maximum absolute atomic E-state index is 13.0. The van der Waals surface area contributed by atoms with Gasteiger partial charge in [0, 0.05) is 0 Å². The van der Waals surface area contributed by atoms with Crippen LogP contribution >= 0.6 is 0 Å². The van der Waals surface area contributed by atoms with Crippen LogP contribution in [0.4, 0.5) is 9.18 Å². The van der Waals surface area contributed by atoms with Crippen LogP contribution < -0.4 is 5.32 Å². The minimum absolute atomic E-state index is 0.122. The fourth-order valence-electron chi connectivity index (χ4n) is 3.06. The third-order valence-electron chi connectivity index (χ3n) is 4.49. The first-order valence-electron chi connectivity index (χ1n) is 10.2. The molecule has 0 aromatic heterocycles. The molecular weight excluding hydrogens is 393 g/mol. The van der Waals surface area contributed by atoms with Gasteiger partial charge in [0.15, 0.2) is 0 Å². The van der Waals surface area contributed by atoms with Crippen LogP contribution in [-0.2, 0) is 30.4 Å². The molecule has 1 aromatic carbocycles. The monoisotopic (exact) mass is 423 g/mol. The van der Waals surface area contributed by atoms with Crippen LogP contribution in [0.5, 0.6) is 0 Å². The molecule has 0 aliphatic heterocycles. The normalized spacial score (nSPS) is 15.7. The summed E-state index contributed by atoms with van der Waals surface area (Å²) in [5.41, 5.74) is -0.194. The zero-order valence-corrected chi connectivity index (χ0v) is 17.7. The highest BCUT2D eigenvalue weighted by atomic mass is 19.1. The van der Waals surface area contributed by atoms with E-state index in [0.29, 0.717) is 5.56 Å². The molecule has 0 spiro atoms. The summed E-state index contributed by atoms with van der Waals surface area (Å²) >= 11 is 0. The molecule has 1 atom stereocenters. The van der Waals surface area contributed by atoms with Gasteiger partial charge in [0.2, 0.25) is 0 Å². The van der Waals surface area contributed by atoms with Crippen molar-refractivity contribution in [3.8, 4) is 0 Å². The van der Waals surface area contributed by atoms with Gasteiger partial charge < -0.3 is 19.5 Å². The topological polar surface area (TPSA) is 90.9 Å². The standard InChI is InChI=1S/C22H30FNO6/c1-22(2,3)30-21(27)24-18(13-19(25)29-17-7-5-4-6-8-17)20(26)28-14-15-9-11-16(23)12-10-15/h9-12,17-18H,4-8,13-14H2,1-3H3,(H,24,27)/t18-/m0/s1. The van der Waals surface area contributed by atoms with Crippen LogP contribution in [0.1, 0.15) is 64.9 Å². The van der Waals surface area contributed by atoms with E-state index >= 15 is 0 Å². The van der Waals surface area contributed by atoms with Crippen LogP contribution in [0, 0.1) is 5.82 Å². The average molecular weight is 423 g/mol. The van der Waals surface area contributed by atoms with Gasteiger partial charge in [-0.3, -0.25) is 4.79 Å². The van der Waals surface area contributed by atoms with Crippen molar-refractivity contribution < 1.29 is 33.0 Å². The van der Waals surface area contributed by atoms with Gasteiger partial charge in [-0.2, -0.15) is 0 Å². The summed E-state index contributed by atoms with van der Waals surface area (Å²) in [4.78, 5) is 37.0. The minimum atomic E-state index is -1.25. The summed E-state index contributed by atoms with van der Waals surface area (Å²) < 4.78 is 28.8. The van der Waals surface area contributed by atoms with Crippen molar-refractivity contribution in [3.05, 3.63) is 35.6 Å². The van der Waals surface area contributed by atoms with Crippen molar-refractivity contribution in [2.45, 2.75) is 83.6 Å². The van der Waals surface area contributed by atoms with Gasteiger partial charge in [-0.15, -0.1) is 0 Å². The maximum atomic E-state index is 13.0. The van der Waals surface area contributed by atoms with E-state index in [2.05, 4.69) is 5.32 Å². The molecule has 1 aromatic rings. The fraction of sp³-hybridized carbons (Fsp3) is 0.591. The number of esters is 2. The Morgan fingerprint density at radius 2 is 1.73 bits per heavy atom. The van der Waals surface area contributed by atoms with E-state index in [1.54, 1.807) is 20.8 Å². The zero-order valence-electron chi connectivity index (χ0n) is 17.7. The molecule has 8 heteroatoms. The molecule has 0 unspecified atom stereocenters. The Balaban J connectivity index is 1.97. The highest BCUT2D eigenvalue weighted by Crippen LogP contribution is 2.21. The van der Waals surface area contributed by atoms with E-state index in [4.69, 9.17) is 14.2 Å². The summed E-state index contributed by atoms with van der Waals surface area (Å²) in [6.45, 7) is 4.94. The number of carbonyl (C=O) groups is 3. The predicted octanol–water partition coefficient (Wildman–Crippen LogP) is 4.03. The lowest BCUT2D eigenvalue weighted by molar-refractivity contribution is -0.157. The van der Waals surface area contributed by atoms with Gasteiger partial charge >= 0.3 is 18.0 Å². The Bertz CT molecular complexity index is 722. The predicted molar refractivity (Wildman–Crippen MR) is 107 cm³/mol. The first-order valence-corrected chi connectivity index (χ1v) is 10.2. The number of alkyl carbamates (subject to hydrolysis) is 1. The number of hydrogen-bond acceptors (Lipinski definition) is 6. The number of hydrogen-bond donors (Lipinski definition) is 1. The van der Waals surface area contributed by atoms with Crippen LogP contribution in [0.2, 0.25) is 0 Å². The lowest BCUT2D eigenvalue weighted by Gasteiger charge is -2.24. The van der Waals surface area contributed by atoms with Crippen molar-refractivity contribution in [1.82, 2.24) is 5.32 Å². The van der Waals surface area contributed by atoms with Crippen LogP contribution in [0.15, 0.2) is 24.3 Å². The quantitative estimate of drug-likeness (QED) is 0.526. The van der Waals surface area contributed by atoms with Crippen molar-refractivity contribution in [2.75, 3.05) is 0 Å². The molecule has 1 N–H and O–H groups in total. The Kier molecular flexibility index (Phi) is 8.62. The summed E-state index contributed by atoms with van der Waals surface area (Å²) in [6, 6.07) is 4.21. The van der Waals surface area contributed by atoms with Crippen LogP contribution in [0.3, 0.4) is 0 Å². The summed E-state index contributed by atoms with van der Waals surface area (Å²) in [6.07, 6.45) is 3.34. The number of halogens is 1. The van der Waals surface area contributed by atoms with Gasteiger partial charge in [-0.05, 0) is 64.2 Å². The second-order valence-electron chi connectivity index (χ2n) is 8.39. The number of carbonyl (C=O) groups excluding carboxylic acids is 3. The molecule has 1 fully saturated rings. The Labute approximate surface area is 176 Å². The van der Waals surface area contributed by atoms with Crippen LogP contribution in [-0.4, -0.2) is 35.8 Å². The van der Waals surface area contributed by atoms with Crippen molar-refractivity contribution >= 4 is 18.0 Å². The molecular formula is C22H30FNO6. The van der Waals surface area contributed by atoms with Crippen LogP contribution in [0.25, 0.3) is 0 Å². The van der Waals surface area contributed by atoms with E-state index in [9.17, 15) is 18.8 Å². The Hall–Kier alpha value is -2.64. The number of amides is 1. The highest BCUT2D eigenvalue weighted by Gasteiger charge is 2.29. The van der Waals surface area contributed by atoms with Crippen molar-refractivity contribution in [1.29, 1.82) is 0 Å². The summed E-state index contributed by atoms with van der Waals surface area (Å²) in [5, 5.41) is 2.39. The summed E-state index contributed by atoms with van der Waals surface area (Å²) in [5.74, 6) is -1.78. The van der Waals surface area contributed by atoms with E-state index in [1.807, 2.05) is 0 Å². The molecule has 1 amide bonds.